The van der Waals surface area contributed by atoms with Crippen LogP contribution >= 0.6 is 0 Å². The van der Waals surface area contributed by atoms with E-state index in [2.05, 4.69) is 26.1 Å². The molecule has 1 unspecified atom stereocenters. The second-order valence-electron chi connectivity index (χ2n) is 4.50. The van der Waals surface area contributed by atoms with Crippen LogP contribution in [0, 0.1) is 0 Å². The lowest BCUT2D eigenvalue weighted by atomic mass is 9.99. The average Bonchev–Trinajstić information content (AvgIpc) is 2.15. The Bertz CT molecular complexity index is 374. The highest BCUT2D eigenvalue weighted by Crippen LogP contribution is 2.38. The fraction of sp³-hybridized carbons (Fsp3) is 0.500. The van der Waals surface area contributed by atoms with Gasteiger partial charge in [0.25, 0.3) is 0 Å². The number of rotatable bonds is 1. The molecule has 3 heteroatoms. The maximum absolute atomic E-state index is 5.87. The van der Waals surface area contributed by atoms with E-state index >= 15 is 0 Å². The Balaban J connectivity index is 2.49. The first-order chi connectivity index (χ1) is 7.08. The Labute approximate surface area is 90.6 Å². The van der Waals surface area contributed by atoms with Crippen LogP contribution in [-0.2, 0) is 0 Å². The predicted octanol–water partition coefficient (Wildman–Crippen LogP) is 2.59. The summed E-state index contributed by atoms with van der Waals surface area (Å²) >= 11 is 0. The first kappa shape index (κ1) is 10.1. The molecule has 0 aliphatic carbocycles. The molecule has 1 aliphatic rings. The van der Waals surface area contributed by atoms with Gasteiger partial charge in [-0.2, -0.15) is 0 Å². The van der Waals surface area contributed by atoms with Gasteiger partial charge in [0.15, 0.2) is 0 Å². The molecule has 0 bridgehead atoms. The van der Waals surface area contributed by atoms with Crippen molar-refractivity contribution >= 4 is 11.4 Å². The summed E-state index contributed by atoms with van der Waals surface area (Å²) in [6.07, 6.45) is 0. The Hall–Kier alpha value is -1.38. The van der Waals surface area contributed by atoms with E-state index in [1.165, 1.54) is 5.56 Å². The maximum Gasteiger partial charge on any atom is 0.146 e. The number of fused-ring (bicyclic) bond motifs is 1. The monoisotopic (exact) mass is 206 g/mol. The first-order valence-electron chi connectivity index (χ1n) is 5.40. The highest BCUT2D eigenvalue weighted by Gasteiger charge is 2.20. The van der Waals surface area contributed by atoms with E-state index in [1.54, 1.807) is 0 Å². The Morgan fingerprint density at radius 3 is 2.87 bits per heavy atom. The standard InChI is InChI=1S/C12H18N2O/c1-7(2)10-4-9(13)5-11-12(10)15-6-8(3)14-11/h4-5,7-8,14H,6,13H2,1-3H3. The van der Waals surface area contributed by atoms with Crippen molar-refractivity contribution in [1.29, 1.82) is 0 Å². The van der Waals surface area contributed by atoms with Crippen molar-refractivity contribution in [3.63, 3.8) is 0 Å². The van der Waals surface area contributed by atoms with E-state index < -0.39 is 0 Å². The minimum absolute atomic E-state index is 0.347. The van der Waals surface area contributed by atoms with Gasteiger partial charge in [0.05, 0.1) is 11.7 Å². The summed E-state index contributed by atoms with van der Waals surface area (Å²) in [4.78, 5) is 0. The van der Waals surface area contributed by atoms with Gasteiger partial charge >= 0.3 is 0 Å². The van der Waals surface area contributed by atoms with Crippen molar-refractivity contribution in [1.82, 2.24) is 0 Å². The summed E-state index contributed by atoms with van der Waals surface area (Å²) < 4.78 is 5.77. The number of nitrogens with one attached hydrogen (secondary N) is 1. The zero-order valence-electron chi connectivity index (χ0n) is 9.50. The smallest absolute Gasteiger partial charge is 0.146 e. The van der Waals surface area contributed by atoms with Gasteiger partial charge in [-0.15, -0.1) is 0 Å². The summed E-state index contributed by atoms with van der Waals surface area (Å²) in [5, 5.41) is 3.39. The van der Waals surface area contributed by atoms with Crippen LogP contribution in [0.5, 0.6) is 5.75 Å². The van der Waals surface area contributed by atoms with Crippen molar-refractivity contribution in [3.05, 3.63) is 17.7 Å². The van der Waals surface area contributed by atoms with Crippen LogP contribution in [-0.4, -0.2) is 12.6 Å². The van der Waals surface area contributed by atoms with E-state index in [1.807, 2.05) is 12.1 Å². The molecule has 3 nitrogen and oxygen atoms in total. The number of hydrogen-bond acceptors (Lipinski definition) is 3. The first-order valence-corrected chi connectivity index (χ1v) is 5.40. The predicted molar refractivity (Wildman–Crippen MR) is 63.5 cm³/mol. The van der Waals surface area contributed by atoms with Crippen LogP contribution in [0.2, 0.25) is 0 Å². The normalized spacial score (nSPS) is 19.3. The number of hydrogen-bond donors (Lipinski definition) is 2. The van der Waals surface area contributed by atoms with Crippen LogP contribution in [0.3, 0.4) is 0 Å². The molecule has 1 atom stereocenters. The van der Waals surface area contributed by atoms with Gasteiger partial charge < -0.3 is 15.8 Å². The third-order valence-corrected chi connectivity index (χ3v) is 2.64. The lowest BCUT2D eigenvalue weighted by Crippen LogP contribution is -2.29. The summed E-state index contributed by atoms with van der Waals surface area (Å²) in [6, 6.07) is 4.29. The van der Waals surface area contributed by atoms with Crippen molar-refractivity contribution < 1.29 is 4.74 Å². The SMILES string of the molecule is CC1COc2c(cc(N)cc2C(C)C)N1. The highest BCUT2D eigenvalue weighted by atomic mass is 16.5. The minimum atomic E-state index is 0.347. The number of benzene rings is 1. The van der Waals surface area contributed by atoms with Gasteiger partial charge in [-0.25, -0.2) is 0 Å². The number of ether oxygens (including phenoxy) is 1. The van der Waals surface area contributed by atoms with Gasteiger partial charge in [0, 0.05) is 11.3 Å². The fourth-order valence-electron chi connectivity index (χ4n) is 1.89. The summed E-state index contributed by atoms with van der Waals surface area (Å²) in [6.45, 7) is 7.12. The molecule has 1 aromatic carbocycles. The third kappa shape index (κ3) is 1.87. The molecule has 0 amide bonds. The molecule has 3 N–H and O–H groups in total. The number of nitrogen functional groups attached to an aromatic ring is 1. The minimum Gasteiger partial charge on any atom is -0.489 e. The van der Waals surface area contributed by atoms with Crippen LogP contribution in [0.15, 0.2) is 12.1 Å². The van der Waals surface area contributed by atoms with Crippen LogP contribution < -0.4 is 15.8 Å². The van der Waals surface area contributed by atoms with E-state index in [0.29, 0.717) is 12.0 Å². The Morgan fingerprint density at radius 1 is 1.47 bits per heavy atom. The molecule has 0 aromatic heterocycles. The average molecular weight is 206 g/mol. The molecule has 1 heterocycles. The van der Waals surface area contributed by atoms with Crippen molar-refractivity contribution in [2.75, 3.05) is 17.7 Å². The van der Waals surface area contributed by atoms with E-state index in [4.69, 9.17) is 10.5 Å². The second-order valence-corrected chi connectivity index (χ2v) is 4.50. The maximum atomic E-state index is 5.87. The molecular formula is C12H18N2O. The van der Waals surface area contributed by atoms with Crippen LogP contribution in [0.1, 0.15) is 32.3 Å². The third-order valence-electron chi connectivity index (χ3n) is 2.64. The molecule has 0 fully saturated rings. The van der Waals surface area contributed by atoms with E-state index in [-0.39, 0.29) is 0 Å². The van der Waals surface area contributed by atoms with Gasteiger partial charge in [0.1, 0.15) is 12.4 Å². The lowest BCUT2D eigenvalue weighted by Gasteiger charge is -2.28. The molecule has 0 saturated heterocycles. The molecule has 1 aromatic rings. The van der Waals surface area contributed by atoms with Crippen molar-refractivity contribution in [2.24, 2.45) is 0 Å². The topological polar surface area (TPSA) is 47.3 Å². The molecule has 82 valence electrons. The Morgan fingerprint density at radius 2 is 2.20 bits per heavy atom. The summed E-state index contributed by atoms with van der Waals surface area (Å²) in [5.41, 5.74) is 8.87. The number of nitrogens with two attached hydrogens (primary N) is 1. The zero-order chi connectivity index (χ0) is 11.0. The highest BCUT2D eigenvalue weighted by molar-refractivity contribution is 5.69. The van der Waals surface area contributed by atoms with E-state index in [9.17, 15) is 0 Å². The van der Waals surface area contributed by atoms with Crippen LogP contribution in [0.4, 0.5) is 11.4 Å². The molecular weight excluding hydrogens is 188 g/mol. The number of anilines is 2. The quantitative estimate of drug-likeness (QED) is 0.694. The molecule has 2 rings (SSSR count). The Kier molecular flexibility index (Phi) is 2.47. The lowest BCUT2D eigenvalue weighted by molar-refractivity contribution is 0.288. The largest absolute Gasteiger partial charge is 0.489 e. The molecule has 1 aliphatic heterocycles. The van der Waals surface area contributed by atoms with Gasteiger partial charge in [-0.3, -0.25) is 0 Å². The van der Waals surface area contributed by atoms with E-state index in [0.717, 1.165) is 23.7 Å². The van der Waals surface area contributed by atoms with Crippen LogP contribution in [0.25, 0.3) is 0 Å². The molecule has 0 saturated carbocycles. The van der Waals surface area contributed by atoms with Crippen molar-refractivity contribution in [2.45, 2.75) is 32.7 Å². The molecule has 0 spiro atoms. The van der Waals surface area contributed by atoms with Gasteiger partial charge in [0.2, 0.25) is 0 Å². The summed E-state index contributed by atoms with van der Waals surface area (Å²) in [5.74, 6) is 1.40. The zero-order valence-corrected chi connectivity index (χ0v) is 9.50. The van der Waals surface area contributed by atoms with Gasteiger partial charge in [-0.1, -0.05) is 13.8 Å². The second kappa shape index (κ2) is 3.65. The molecule has 0 radical (unpaired) electrons. The fourth-order valence-corrected chi connectivity index (χ4v) is 1.89. The van der Waals surface area contributed by atoms with Crippen molar-refractivity contribution in [3.8, 4) is 5.75 Å². The van der Waals surface area contributed by atoms with Gasteiger partial charge in [-0.05, 0) is 25.0 Å². The summed E-state index contributed by atoms with van der Waals surface area (Å²) in [7, 11) is 0. The molecule has 15 heavy (non-hydrogen) atoms.